The monoisotopic (exact) mass is 332 g/mol. The van der Waals surface area contributed by atoms with Crippen molar-refractivity contribution in [2.24, 2.45) is 0 Å². The van der Waals surface area contributed by atoms with Crippen LogP contribution >= 0.6 is 15.9 Å². The minimum absolute atomic E-state index is 0.175. The highest BCUT2D eigenvalue weighted by Crippen LogP contribution is 2.27. The van der Waals surface area contributed by atoms with Gasteiger partial charge in [0.15, 0.2) is 0 Å². The van der Waals surface area contributed by atoms with E-state index in [1.807, 2.05) is 0 Å². The molecule has 1 unspecified atom stereocenters. The Morgan fingerprint density at radius 3 is 2.89 bits per heavy atom. The molecular formula is C11H13BrN2O5. The maximum absolute atomic E-state index is 11.7. The molecule has 3 N–H and O–H groups in total. The first kappa shape index (κ1) is 14.2. The quantitative estimate of drug-likeness (QED) is 0.695. The summed E-state index contributed by atoms with van der Waals surface area (Å²) in [4.78, 5) is 26.9. The Bertz CT molecular complexity index is 593. The standard InChI is InChI=1S/C11H13BrN2O5/c12-2-1-6-4-14(11(18)13-10(6)17)9-3-7(16)8(5-15)19-9/h1-2,4,7-9,15-16H,3,5H2,(H,13,17,18)/t7?,8-,9-/m0/s1. The number of H-pyrrole nitrogens is 1. The van der Waals surface area contributed by atoms with Gasteiger partial charge in [0.05, 0.1) is 18.3 Å². The van der Waals surface area contributed by atoms with Crippen LogP contribution in [0.2, 0.25) is 0 Å². The number of hydrogen-bond donors (Lipinski definition) is 3. The van der Waals surface area contributed by atoms with Crippen LogP contribution in [0.4, 0.5) is 0 Å². The van der Waals surface area contributed by atoms with Gasteiger partial charge in [0.25, 0.3) is 5.56 Å². The molecule has 8 heteroatoms. The second-order valence-electron chi connectivity index (χ2n) is 4.16. The maximum Gasteiger partial charge on any atom is 0.330 e. The average Bonchev–Trinajstić information content (AvgIpc) is 2.74. The predicted molar refractivity (Wildman–Crippen MR) is 70.9 cm³/mol. The molecule has 1 saturated heterocycles. The topological polar surface area (TPSA) is 105 Å². The first-order valence-electron chi connectivity index (χ1n) is 5.63. The second kappa shape index (κ2) is 5.83. The third kappa shape index (κ3) is 2.86. The molecule has 1 aliphatic heterocycles. The number of aromatic amines is 1. The van der Waals surface area contributed by atoms with Gasteiger partial charge in [0.2, 0.25) is 0 Å². The van der Waals surface area contributed by atoms with Crippen LogP contribution in [0.1, 0.15) is 18.2 Å². The number of ether oxygens (including phenoxy) is 1. The Balaban J connectivity index is 2.38. The van der Waals surface area contributed by atoms with E-state index in [9.17, 15) is 14.7 Å². The minimum atomic E-state index is -0.844. The molecule has 19 heavy (non-hydrogen) atoms. The van der Waals surface area contributed by atoms with Crippen LogP contribution in [0.15, 0.2) is 20.8 Å². The fourth-order valence-corrected chi connectivity index (χ4v) is 2.24. The summed E-state index contributed by atoms with van der Waals surface area (Å²) in [6.45, 7) is -0.329. The largest absolute Gasteiger partial charge is 0.394 e. The van der Waals surface area contributed by atoms with Crippen molar-refractivity contribution in [2.75, 3.05) is 6.61 Å². The highest BCUT2D eigenvalue weighted by atomic mass is 79.9. The molecule has 0 spiro atoms. The minimum Gasteiger partial charge on any atom is -0.394 e. The molecule has 0 radical (unpaired) electrons. The number of aliphatic hydroxyl groups excluding tert-OH is 2. The van der Waals surface area contributed by atoms with Gasteiger partial charge in [-0.25, -0.2) is 4.79 Å². The highest BCUT2D eigenvalue weighted by Gasteiger charge is 2.35. The average molecular weight is 333 g/mol. The Kier molecular flexibility index (Phi) is 4.35. The van der Waals surface area contributed by atoms with Crippen LogP contribution in [0.3, 0.4) is 0 Å². The van der Waals surface area contributed by atoms with Gasteiger partial charge < -0.3 is 14.9 Å². The molecule has 0 saturated carbocycles. The van der Waals surface area contributed by atoms with Gasteiger partial charge in [-0.2, -0.15) is 0 Å². The number of nitrogens with one attached hydrogen (secondary N) is 1. The van der Waals surface area contributed by atoms with E-state index in [-0.39, 0.29) is 18.6 Å². The second-order valence-corrected chi connectivity index (χ2v) is 4.69. The molecule has 0 aromatic carbocycles. The smallest absolute Gasteiger partial charge is 0.330 e. The van der Waals surface area contributed by atoms with E-state index in [1.54, 1.807) is 0 Å². The van der Waals surface area contributed by atoms with Crippen LogP contribution in [0, 0.1) is 0 Å². The van der Waals surface area contributed by atoms with E-state index < -0.39 is 29.7 Å². The van der Waals surface area contributed by atoms with Crippen molar-refractivity contribution in [1.29, 1.82) is 0 Å². The van der Waals surface area contributed by atoms with Crippen molar-refractivity contribution >= 4 is 22.0 Å². The summed E-state index contributed by atoms with van der Waals surface area (Å²) in [5.74, 6) is 0. The lowest BCUT2D eigenvalue weighted by atomic mass is 10.2. The molecule has 0 amide bonds. The SMILES string of the molecule is O=c1[nH]c(=O)n([C@@H]2CC(O)[C@H](CO)O2)cc1C=CBr. The summed E-state index contributed by atoms with van der Waals surface area (Å²) in [5, 5.41) is 18.7. The number of hydrogen-bond acceptors (Lipinski definition) is 5. The molecule has 1 fully saturated rings. The van der Waals surface area contributed by atoms with Gasteiger partial charge in [0.1, 0.15) is 12.3 Å². The van der Waals surface area contributed by atoms with E-state index in [1.165, 1.54) is 21.8 Å². The molecule has 2 heterocycles. The highest BCUT2D eigenvalue weighted by molar-refractivity contribution is 9.11. The number of aliphatic hydroxyl groups is 2. The van der Waals surface area contributed by atoms with Crippen LogP contribution in [-0.4, -0.2) is 38.6 Å². The van der Waals surface area contributed by atoms with Gasteiger partial charge in [-0.15, -0.1) is 0 Å². The molecule has 7 nitrogen and oxygen atoms in total. The van der Waals surface area contributed by atoms with Crippen molar-refractivity contribution < 1.29 is 14.9 Å². The van der Waals surface area contributed by atoms with Gasteiger partial charge in [-0.05, 0) is 11.1 Å². The van der Waals surface area contributed by atoms with Crippen LogP contribution in [-0.2, 0) is 4.74 Å². The molecule has 1 aromatic heterocycles. The zero-order valence-electron chi connectivity index (χ0n) is 9.82. The van der Waals surface area contributed by atoms with Crippen molar-refractivity contribution in [1.82, 2.24) is 9.55 Å². The summed E-state index contributed by atoms with van der Waals surface area (Å²) >= 11 is 3.05. The number of halogens is 1. The van der Waals surface area contributed by atoms with E-state index >= 15 is 0 Å². The summed E-state index contributed by atoms with van der Waals surface area (Å²) in [7, 11) is 0. The van der Waals surface area contributed by atoms with Crippen molar-refractivity contribution in [2.45, 2.75) is 24.9 Å². The van der Waals surface area contributed by atoms with Crippen LogP contribution in [0.25, 0.3) is 6.08 Å². The number of nitrogens with zero attached hydrogens (tertiary/aromatic N) is 1. The van der Waals surface area contributed by atoms with Gasteiger partial charge in [-0.1, -0.05) is 15.9 Å². The normalized spacial score (nSPS) is 27.2. The molecule has 104 valence electrons. The summed E-state index contributed by atoms with van der Waals surface area (Å²) < 4.78 is 6.56. The molecular weight excluding hydrogens is 320 g/mol. The molecule has 0 aliphatic carbocycles. The van der Waals surface area contributed by atoms with Gasteiger partial charge in [0, 0.05) is 12.6 Å². The Morgan fingerprint density at radius 1 is 1.58 bits per heavy atom. The lowest BCUT2D eigenvalue weighted by Gasteiger charge is -2.14. The lowest BCUT2D eigenvalue weighted by Crippen LogP contribution is -2.33. The van der Waals surface area contributed by atoms with Crippen molar-refractivity contribution in [3.63, 3.8) is 0 Å². The van der Waals surface area contributed by atoms with E-state index in [0.29, 0.717) is 0 Å². The third-order valence-electron chi connectivity index (χ3n) is 2.93. The Labute approximate surface area is 116 Å². The van der Waals surface area contributed by atoms with Crippen molar-refractivity contribution in [3.8, 4) is 0 Å². The molecule has 3 atom stereocenters. The molecule has 0 bridgehead atoms. The number of aromatic nitrogens is 2. The summed E-state index contributed by atoms with van der Waals surface area (Å²) in [6.07, 6.45) is 0.746. The first-order chi connectivity index (χ1) is 9.06. The van der Waals surface area contributed by atoms with Gasteiger partial charge >= 0.3 is 5.69 Å². The van der Waals surface area contributed by atoms with E-state index in [2.05, 4.69) is 20.9 Å². The molecule has 1 aromatic rings. The van der Waals surface area contributed by atoms with Crippen LogP contribution in [0.5, 0.6) is 0 Å². The summed E-state index contributed by atoms with van der Waals surface area (Å²) in [5.41, 5.74) is -0.844. The Morgan fingerprint density at radius 2 is 2.32 bits per heavy atom. The maximum atomic E-state index is 11.7. The van der Waals surface area contributed by atoms with Crippen LogP contribution < -0.4 is 11.2 Å². The Hall–Kier alpha value is -1.22. The fraction of sp³-hybridized carbons (Fsp3) is 0.455. The molecule has 2 rings (SSSR count). The van der Waals surface area contributed by atoms with E-state index in [4.69, 9.17) is 9.84 Å². The zero-order valence-corrected chi connectivity index (χ0v) is 11.4. The summed E-state index contributed by atoms with van der Waals surface area (Å²) in [6, 6.07) is 0. The van der Waals surface area contributed by atoms with E-state index in [0.717, 1.165) is 0 Å². The first-order valence-corrected chi connectivity index (χ1v) is 6.55. The number of rotatable bonds is 3. The lowest BCUT2D eigenvalue weighted by molar-refractivity contribution is -0.0459. The fourth-order valence-electron chi connectivity index (χ4n) is 1.95. The zero-order chi connectivity index (χ0) is 14.0. The molecule has 1 aliphatic rings. The predicted octanol–water partition coefficient (Wildman–Crippen LogP) is -0.457. The van der Waals surface area contributed by atoms with Crippen molar-refractivity contribution in [3.05, 3.63) is 37.6 Å². The van der Waals surface area contributed by atoms with Gasteiger partial charge in [-0.3, -0.25) is 14.3 Å². The third-order valence-corrected chi connectivity index (χ3v) is 3.20.